The molecule has 0 aliphatic carbocycles. The molecule has 0 saturated carbocycles. The Morgan fingerprint density at radius 3 is 2.61 bits per heavy atom. The number of hydrogen-bond donors (Lipinski definition) is 1. The highest BCUT2D eigenvalue weighted by atomic mass is 19.1. The number of aromatic nitrogens is 2. The standard InChI is InChI=1S/C12H10F2N2O2/c1-6-10(12(17)18)11(16(2)15-6)8-4-3-7(13)5-9(8)14/h3-5H,1-2H3,(H,17,18). The number of carboxylic acids is 1. The van der Waals surface area contributed by atoms with Gasteiger partial charge >= 0.3 is 5.97 Å². The summed E-state index contributed by atoms with van der Waals surface area (Å²) in [4.78, 5) is 11.2. The Kier molecular flexibility index (Phi) is 2.86. The topological polar surface area (TPSA) is 55.1 Å². The lowest BCUT2D eigenvalue weighted by molar-refractivity contribution is 0.0697. The average Bonchev–Trinajstić information content (AvgIpc) is 2.53. The van der Waals surface area contributed by atoms with E-state index in [0.717, 1.165) is 6.07 Å². The van der Waals surface area contributed by atoms with E-state index in [0.29, 0.717) is 6.07 Å². The molecule has 0 atom stereocenters. The third-order valence-corrected chi connectivity index (χ3v) is 2.62. The minimum Gasteiger partial charge on any atom is -0.478 e. The summed E-state index contributed by atoms with van der Waals surface area (Å²) >= 11 is 0. The van der Waals surface area contributed by atoms with Gasteiger partial charge in [0.25, 0.3) is 0 Å². The molecule has 1 aromatic carbocycles. The molecule has 1 heterocycles. The van der Waals surface area contributed by atoms with Crippen molar-refractivity contribution < 1.29 is 18.7 Å². The van der Waals surface area contributed by atoms with E-state index in [1.165, 1.54) is 24.7 Å². The molecule has 0 fully saturated rings. The van der Waals surface area contributed by atoms with E-state index in [9.17, 15) is 13.6 Å². The zero-order valence-electron chi connectivity index (χ0n) is 9.74. The maximum Gasteiger partial charge on any atom is 0.339 e. The van der Waals surface area contributed by atoms with Crippen molar-refractivity contribution in [1.29, 1.82) is 0 Å². The zero-order valence-corrected chi connectivity index (χ0v) is 9.74. The molecule has 0 saturated heterocycles. The molecule has 0 bridgehead atoms. The highest BCUT2D eigenvalue weighted by Gasteiger charge is 2.23. The van der Waals surface area contributed by atoms with Crippen molar-refractivity contribution in [1.82, 2.24) is 9.78 Å². The fourth-order valence-electron chi connectivity index (χ4n) is 1.90. The molecule has 94 valence electrons. The summed E-state index contributed by atoms with van der Waals surface area (Å²) in [7, 11) is 1.51. The fourth-order valence-corrected chi connectivity index (χ4v) is 1.90. The minimum absolute atomic E-state index is 0.0110. The maximum absolute atomic E-state index is 13.7. The number of rotatable bonds is 2. The third-order valence-electron chi connectivity index (χ3n) is 2.62. The second-order valence-corrected chi connectivity index (χ2v) is 3.86. The lowest BCUT2D eigenvalue weighted by atomic mass is 10.1. The summed E-state index contributed by atoms with van der Waals surface area (Å²) in [5, 5.41) is 13.1. The van der Waals surface area contributed by atoms with Gasteiger partial charge in [0.05, 0.1) is 11.4 Å². The molecule has 2 rings (SSSR count). The minimum atomic E-state index is -1.20. The SMILES string of the molecule is Cc1nn(C)c(-c2ccc(F)cc2F)c1C(=O)O. The Balaban J connectivity index is 2.74. The van der Waals surface area contributed by atoms with Crippen LogP contribution in [0.25, 0.3) is 11.3 Å². The number of halogens is 2. The van der Waals surface area contributed by atoms with Gasteiger partial charge < -0.3 is 5.11 Å². The van der Waals surface area contributed by atoms with Crippen molar-refractivity contribution in [3.05, 3.63) is 41.1 Å². The van der Waals surface area contributed by atoms with Crippen LogP contribution in [-0.2, 0) is 7.05 Å². The first-order chi connectivity index (χ1) is 8.41. The maximum atomic E-state index is 13.7. The van der Waals surface area contributed by atoms with Crippen LogP contribution >= 0.6 is 0 Å². The number of benzene rings is 1. The van der Waals surface area contributed by atoms with E-state index in [2.05, 4.69) is 5.10 Å². The Bertz CT molecular complexity index is 635. The second-order valence-electron chi connectivity index (χ2n) is 3.86. The van der Waals surface area contributed by atoms with Crippen molar-refractivity contribution in [2.45, 2.75) is 6.92 Å². The summed E-state index contributed by atoms with van der Waals surface area (Å²) in [5.41, 5.74) is 0.334. The molecule has 6 heteroatoms. The molecule has 0 unspecified atom stereocenters. The molecule has 0 amide bonds. The van der Waals surface area contributed by atoms with Crippen LogP contribution in [0.3, 0.4) is 0 Å². The summed E-state index contributed by atoms with van der Waals surface area (Å²) in [6.07, 6.45) is 0. The van der Waals surface area contributed by atoms with E-state index in [1.54, 1.807) is 0 Å². The first-order valence-electron chi connectivity index (χ1n) is 5.14. The predicted molar refractivity (Wildman–Crippen MR) is 60.3 cm³/mol. The Hall–Kier alpha value is -2.24. The van der Waals surface area contributed by atoms with Crippen LogP contribution in [0.4, 0.5) is 8.78 Å². The van der Waals surface area contributed by atoms with Gasteiger partial charge in [0.2, 0.25) is 0 Å². The Morgan fingerprint density at radius 1 is 1.39 bits per heavy atom. The van der Waals surface area contributed by atoms with Gasteiger partial charge in [-0.1, -0.05) is 0 Å². The first-order valence-corrected chi connectivity index (χ1v) is 5.14. The van der Waals surface area contributed by atoms with Crippen LogP contribution in [0.5, 0.6) is 0 Å². The first kappa shape index (κ1) is 12.2. The van der Waals surface area contributed by atoms with Crippen molar-refractivity contribution in [3.8, 4) is 11.3 Å². The highest BCUT2D eigenvalue weighted by Crippen LogP contribution is 2.28. The largest absolute Gasteiger partial charge is 0.478 e. The number of aromatic carboxylic acids is 1. The normalized spacial score (nSPS) is 10.7. The van der Waals surface area contributed by atoms with Crippen molar-refractivity contribution >= 4 is 5.97 Å². The molecule has 18 heavy (non-hydrogen) atoms. The average molecular weight is 252 g/mol. The van der Waals surface area contributed by atoms with Gasteiger partial charge in [-0.3, -0.25) is 4.68 Å². The van der Waals surface area contributed by atoms with Gasteiger partial charge in [0.15, 0.2) is 0 Å². The predicted octanol–water partition coefficient (Wildman–Crippen LogP) is 2.37. The van der Waals surface area contributed by atoms with E-state index in [4.69, 9.17) is 5.11 Å². The molecule has 4 nitrogen and oxygen atoms in total. The molecule has 2 aromatic rings. The van der Waals surface area contributed by atoms with Crippen molar-refractivity contribution in [2.75, 3.05) is 0 Å². The van der Waals surface area contributed by atoms with E-state index < -0.39 is 17.6 Å². The van der Waals surface area contributed by atoms with Gasteiger partial charge in [-0.15, -0.1) is 0 Å². The van der Waals surface area contributed by atoms with Crippen LogP contribution in [0, 0.1) is 18.6 Å². The Morgan fingerprint density at radius 2 is 2.06 bits per heavy atom. The van der Waals surface area contributed by atoms with E-state index >= 15 is 0 Å². The second kappa shape index (κ2) is 4.21. The summed E-state index contributed by atoms with van der Waals surface area (Å²) in [5.74, 6) is -2.73. The molecule has 1 N–H and O–H groups in total. The zero-order chi connectivity index (χ0) is 13.4. The van der Waals surface area contributed by atoms with Crippen molar-refractivity contribution in [3.63, 3.8) is 0 Å². The number of aryl methyl sites for hydroxylation is 2. The smallest absolute Gasteiger partial charge is 0.339 e. The summed E-state index contributed by atoms with van der Waals surface area (Å²) < 4.78 is 27.8. The molecular weight excluding hydrogens is 242 g/mol. The lowest BCUT2D eigenvalue weighted by Gasteiger charge is -2.05. The molecule has 0 radical (unpaired) electrons. The van der Waals surface area contributed by atoms with Gasteiger partial charge in [-0.2, -0.15) is 5.10 Å². The molecular formula is C12H10F2N2O2. The quantitative estimate of drug-likeness (QED) is 0.892. The van der Waals surface area contributed by atoms with Gasteiger partial charge in [0.1, 0.15) is 17.2 Å². The van der Waals surface area contributed by atoms with Gasteiger partial charge in [0, 0.05) is 18.7 Å². The van der Waals surface area contributed by atoms with E-state index in [-0.39, 0.29) is 22.5 Å². The molecule has 0 aliphatic heterocycles. The summed E-state index contributed by atoms with van der Waals surface area (Å²) in [6.45, 7) is 1.52. The Labute approximate surface area is 101 Å². The molecule has 1 aromatic heterocycles. The third kappa shape index (κ3) is 1.85. The monoisotopic (exact) mass is 252 g/mol. The van der Waals surface area contributed by atoms with Crippen LogP contribution < -0.4 is 0 Å². The van der Waals surface area contributed by atoms with Crippen LogP contribution in [-0.4, -0.2) is 20.9 Å². The number of nitrogens with zero attached hydrogens (tertiary/aromatic N) is 2. The molecule has 0 aliphatic rings. The van der Waals surface area contributed by atoms with Gasteiger partial charge in [-0.05, 0) is 19.1 Å². The van der Waals surface area contributed by atoms with Crippen LogP contribution in [0.2, 0.25) is 0 Å². The van der Waals surface area contributed by atoms with E-state index in [1.807, 2.05) is 0 Å². The summed E-state index contributed by atoms with van der Waals surface area (Å²) in [6, 6.07) is 2.99. The number of carbonyl (C=O) groups is 1. The number of carboxylic acid groups (broad SMARTS) is 1. The van der Waals surface area contributed by atoms with Crippen molar-refractivity contribution in [2.24, 2.45) is 7.05 Å². The van der Waals surface area contributed by atoms with Gasteiger partial charge in [-0.25, -0.2) is 13.6 Å². The molecule has 0 spiro atoms. The fraction of sp³-hybridized carbons (Fsp3) is 0.167. The van der Waals surface area contributed by atoms with Crippen LogP contribution in [0.15, 0.2) is 18.2 Å². The lowest BCUT2D eigenvalue weighted by Crippen LogP contribution is -2.03. The highest BCUT2D eigenvalue weighted by molar-refractivity contribution is 5.96. The van der Waals surface area contributed by atoms with Crippen LogP contribution in [0.1, 0.15) is 16.1 Å². The number of hydrogen-bond acceptors (Lipinski definition) is 2.